The van der Waals surface area contributed by atoms with Crippen molar-refractivity contribution in [2.24, 2.45) is 11.7 Å². The van der Waals surface area contributed by atoms with Crippen LogP contribution in [-0.4, -0.2) is 40.6 Å². The summed E-state index contributed by atoms with van der Waals surface area (Å²) >= 11 is 1.57. The molecule has 4 rings (SSSR count). The second kappa shape index (κ2) is 7.17. The molecule has 3 N–H and O–H groups in total. The number of hydrogen-bond donors (Lipinski definition) is 2. The number of thiazole rings is 1. The predicted octanol–water partition coefficient (Wildman–Crippen LogP) is 2.98. The second-order valence-corrected chi connectivity index (χ2v) is 7.75. The van der Waals surface area contributed by atoms with E-state index < -0.39 is 0 Å². The minimum atomic E-state index is -0.243. The normalized spacial score (nSPS) is 15.1. The lowest BCUT2D eigenvalue weighted by Gasteiger charge is -2.23. The van der Waals surface area contributed by atoms with Gasteiger partial charge in [-0.15, -0.1) is 11.3 Å². The van der Waals surface area contributed by atoms with Gasteiger partial charge in [0.05, 0.1) is 16.8 Å². The molecule has 3 aromatic rings. The van der Waals surface area contributed by atoms with Crippen molar-refractivity contribution in [2.75, 3.05) is 19.7 Å². The number of aromatic hydroxyl groups is 1. The number of benzene rings is 2. The number of ether oxygens (including phenoxy) is 1. The fraction of sp³-hybridized carbons (Fsp3) is 0.300. The lowest BCUT2D eigenvalue weighted by atomic mass is 10.1. The van der Waals surface area contributed by atoms with Gasteiger partial charge in [0.15, 0.2) is 11.5 Å². The van der Waals surface area contributed by atoms with Crippen LogP contribution in [-0.2, 0) is 11.3 Å². The Kier molecular flexibility index (Phi) is 4.72. The third-order valence-corrected chi connectivity index (χ3v) is 5.83. The summed E-state index contributed by atoms with van der Waals surface area (Å²) in [6.45, 7) is 3.31. The molecule has 1 amide bonds. The predicted molar refractivity (Wildman–Crippen MR) is 106 cm³/mol. The highest BCUT2D eigenvalue weighted by Crippen LogP contribution is 2.39. The van der Waals surface area contributed by atoms with Crippen LogP contribution < -0.4 is 10.5 Å². The molecular weight excluding hydrogens is 362 g/mol. The Labute approximate surface area is 161 Å². The molecule has 0 radical (unpaired) electrons. The van der Waals surface area contributed by atoms with Gasteiger partial charge in [-0.1, -0.05) is 19.1 Å². The molecule has 0 unspecified atom stereocenters. The van der Waals surface area contributed by atoms with E-state index in [0.29, 0.717) is 32.0 Å². The van der Waals surface area contributed by atoms with Gasteiger partial charge < -0.3 is 20.5 Å². The number of amides is 1. The summed E-state index contributed by atoms with van der Waals surface area (Å²) in [7, 11) is 0. The second-order valence-electron chi connectivity index (χ2n) is 6.72. The number of rotatable bonds is 3. The van der Waals surface area contributed by atoms with E-state index in [-0.39, 0.29) is 17.6 Å². The third-order valence-electron chi connectivity index (χ3n) is 4.74. The average Bonchev–Trinajstić information content (AvgIpc) is 2.99. The van der Waals surface area contributed by atoms with Crippen molar-refractivity contribution in [3.8, 4) is 22.1 Å². The third kappa shape index (κ3) is 3.36. The van der Waals surface area contributed by atoms with Gasteiger partial charge in [-0.2, -0.15) is 0 Å². The molecule has 27 heavy (non-hydrogen) atoms. The van der Waals surface area contributed by atoms with Crippen molar-refractivity contribution in [2.45, 2.75) is 13.5 Å². The van der Waals surface area contributed by atoms with Crippen molar-refractivity contribution in [1.82, 2.24) is 9.88 Å². The highest BCUT2D eigenvalue weighted by Gasteiger charge is 2.25. The minimum absolute atomic E-state index is 0.00108. The summed E-state index contributed by atoms with van der Waals surface area (Å²) in [4.78, 5) is 19.0. The first-order chi connectivity index (χ1) is 13.1. The van der Waals surface area contributed by atoms with Crippen molar-refractivity contribution >= 4 is 27.5 Å². The molecule has 1 aliphatic rings. The largest absolute Gasteiger partial charge is 0.504 e. The summed E-state index contributed by atoms with van der Waals surface area (Å²) in [5.41, 5.74) is 8.17. The Balaban J connectivity index is 1.72. The summed E-state index contributed by atoms with van der Waals surface area (Å²) in [5, 5.41) is 11.3. The molecule has 7 heteroatoms. The van der Waals surface area contributed by atoms with Gasteiger partial charge in [-0.25, -0.2) is 4.98 Å². The van der Waals surface area contributed by atoms with E-state index in [0.717, 1.165) is 26.4 Å². The maximum Gasteiger partial charge on any atom is 0.227 e. The first kappa shape index (κ1) is 17.8. The Bertz CT molecular complexity index is 968. The molecular formula is C20H21N3O3S. The number of para-hydroxylation sites is 1. The zero-order valence-electron chi connectivity index (χ0n) is 15.0. The Hall–Kier alpha value is -2.64. The van der Waals surface area contributed by atoms with Gasteiger partial charge in [0.25, 0.3) is 0 Å². The quantitative estimate of drug-likeness (QED) is 0.726. The van der Waals surface area contributed by atoms with Crippen molar-refractivity contribution in [1.29, 1.82) is 0 Å². The van der Waals surface area contributed by atoms with Crippen LogP contribution >= 0.6 is 11.3 Å². The maximum atomic E-state index is 12.6. The molecule has 2 heterocycles. The summed E-state index contributed by atoms with van der Waals surface area (Å²) in [5.74, 6) is 0.268. The van der Waals surface area contributed by atoms with E-state index in [2.05, 4.69) is 4.98 Å². The molecule has 2 aromatic carbocycles. The first-order valence-electron chi connectivity index (χ1n) is 8.90. The Morgan fingerprint density at radius 2 is 2.22 bits per heavy atom. The van der Waals surface area contributed by atoms with Crippen LogP contribution in [0.15, 0.2) is 36.4 Å². The molecule has 0 spiro atoms. The Morgan fingerprint density at radius 3 is 3.00 bits per heavy atom. The number of nitrogens with zero attached hydrogens (tertiary/aromatic N) is 2. The van der Waals surface area contributed by atoms with Gasteiger partial charge in [-0.3, -0.25) is 4.79 Å². The van der Waals surface area contributed by atoms with Gasteiger partial charge in [0.2, 0.25) is 5.91 Å². The molecule has 140 valence electrons. The van der Waals surface area contributed by atoms with Crippen LogP contribution in [0.5, 0.6) is 11.5 Å². The van der Waals surface area contributed by atoms with Gasteiger partial charge in [0.1, 0.15) is 11.6 Å². The first-order valence-corrected chi connectivity index (χ1v) is 9.72. The number of nitrogens with two attached hydrogens (primary N) is 1. The lowest BCUT2D eigenvalue weighted by molar-refractivity contribution is -0.135. The zero-order valence-corrected chi connectivity index (χ0v) is 15.8. The van der Waals surface area contributed by atoms with E-state index >= 15 is 0 Å². The Morgan fingerprint density at radius 1 is 1.41 bits per heavy atom. The smallest absolute Gasteiger partial charge is 0.227 e. The van der Waals surface area contributed by atoms with Gasteiger partial charge >= 0.3 is 0 Å². The van der Waals surface area contributed by atoms with Crippen LogP contribution in [0.1, 0.15) is 12.5 Å². The van der Waals surface area contributed by atoms with E-state index in [1.54, 1.807) is 22.3 Å². The number of hydrogen-bond acceptors (Lipinski definition) is 6. The van der Waals surface area contributed by atoms with Gasteiger partial charge in [-0.05, 0) is 24.3 Å². The zero-order chi connectivity index (χ0) is 19.0. The molecule has 1 atom stereocenters. The fourth-order valence-corrected chi connectivity index (χ4v) is 4.17. The SMILES string of the molecule is C[C@H](CN)C(=O)N1CCOc2c(O)cc(-c3nc4ccccc4s3)cc2C1. The highest BCUT2D eigenvalue weighted by molar-refractivity contribution is 7.21. The summed E-state index contributed by atoms with van der Waals surface area (Å²) in [6, 6.07) is 11.6. The monoisotopic (exact) mass is 383 g/mol. The summed E-state index contributed by atoms with van der Waals surface area (Å²) < 4.78 is 6.82. The van der Waals surface area contributed by atoms with Crippen LogP contribution in [0.2, 0.25) is 0 Å². The number of carbonyl (C=O) groups excluding carboxylic acids is 1. The molecule has 0 bridgehead atoms. The van der Waals surface area contributed by atoms with Crippen molar-refractivity contribution in [3.63, 3.8) is 0 Å². The molecule has 0 fully saturated rings. The van der Waals surface area contributed by atoms with E-state index in [1.807, 2.05) is 37.3 Å². The van der Waals surface area contributed by atoms with Crippen molar-refractivity contribution in [3.05, 3.63) is 42.0 Å². The van der Waals surface area contributed by atoms with E-state index in [1.165, 1.54) is 0 Å². The number of carbonyl (C=O) groups is 1. The molecule has 0 saturated heterocycles. The fourth-order valence-electron chi connectivity index (χ4n) is 3.22. The molecule has 0 aliphatic carbocycles. The summed E-state index contributed by atoms with van der Waals surface area (Å²) in [6.07, 6.45) is 0. The number of phenols is 1. The van der Waals surface area contributed by atoms with Crippen LogP contribution in [0, 0.1) is 5.92 Å². The van der Waals surface area contributed by atoms with E-state index in [4.69, 9.17) is 10.5 Å². The minimum Gasteiger partial charge on any atom is -0.504 e. The lowest BCUT2D eigenvalue weighted by Crippen LogP contribution is -2.38. The topological polar surface area (TPSA) is 88.7 Å². The number of fused-ring (bicyclic) bond motifs is 2. The standard InChI is InChI=1S/C20H21N3O3S/c1-12(10-21)20(25)23-6-7-26-18-14(11-23)8-13(9-16(18)24)19-22-15-4-2-3-5-17(15)27-19/h2-5,8-9,12,24H,6-7,10-11,21H2,1H3/t12-/m1/s1. The molecule has 1 aliphatic heterocycles. The molecule has 6 nitrogen and oxygen atoms in total. The van der Waals surface area contributed by atoms with Crippen LogP contribution in [0.4, 0.5) is 0 Å². The van der Waals surface area contributed by atoms with Crippen molar-refractivity contribution < 1.29 is 14.6 Å². The number of phenolic OH excluding ortho intramolecular Hbond substituents is 1. The number of aromatic nitrogens is 1. The molecule has 1 aromatic heterocycles. The maximum absolute atomic E-state index is 12.6. The van der Waals surface area contributed by atoms with Gasteiger partial charge in [0, 0.05) is 30.1 Å². The highest BCUT2D eigenvalue weighted by atomic mass is 32.1. The van der Waals surface area contributed by atoms with E-state index in [9.17, 15) is 9.90 Å². The molecule has 0 saturated carbocycles. The van der Waals surface area contributed by atoms with Crippen LogP contribution in [0.3, 0.4) is 0 Å². The van der Waals surface area contributed by atoms with Crippen LogP contribution in [0.25, 0.3) is 20.8 Å². The average molecular weight is 383 g/mol.